The first-order valence-electron chi connectivity index (χ1n) is 9.98. The van der Waals surface area contributed by atoms with E-state index in [0.29, 0.717) is 10.8 Å². The van der Waals surface area contributed by atoms with Crippen LogP contribution in [0.25, 0.3) is 10.8 Å². The highest BCUT2D eigenvalue weighted by molar-refractivity contribution is 7.89. The van der Waals surface area contributed by atoms with Crippen molar-refractivity contribution in [3.8, 4) is 0 Å². The van der Waals surface area contributed by atoms with E-state index in [0.717, 1.165) is 10.7 Å². The third-order valence-corrected chi connectivity index (χ3v) is 7.51. The third-order valence-electron chi connectivity index (χ3n) is 4.98. The second-order valence-electron chi connectivity index (χ2n) is 6.97. The molecule has 3 aromatic rings. The Labute approximate surface area is 195 Å². The highest BCUT2D eigenvalue weighted by Crippen LogP contribution is 2.26. The number of aromatic nitrogens is 2. The van der Waals surface area contributed by atoms with Crippen molar-refractivity contribution < 1.29 is 18.0 Å². The van der Waals surface area contributed by atoms with Gasteiger partial charge in [0.1, 0.15) is 4.90 Å². The van der Waals surface area contributed by atoms with Crippen molar-refractivity contribution in [2.75, 3.05) is 13.1 Å². The van der Waals surface area contributed by atoms with Crippen molar-refractivity contribution in [3.63, 3.8) is 0 Å². The summed E-state index contributed by atoms with van der Waals surface area (Å²) in [6, 6.07) is 10.3. The third kappa shape index (κ3) is 4.75. The predicted octanol–water partition coefficient (Wildman–Crippen LogP) is 1.69. The molecular weight excluding hydrogens is 470 g/mol. The summed E-state index contributed by atoms with van der Waals surface area (Å²) in [5.74, 6) is -1.51. The minimum absolute atomic E-state index is 0.0243. The molecule has 12 heteroatoms. The number of nitrogens with one attached hydrogen (secondary N) is 2. The monoisotopic (exact) mass is 491 g/mol. The Kier molecular flexibility index (Phi) is 7.15. The number of rotatable bonds is 6. The first-order valence-corrected chi connectivity index (χ1v) is 11.8. The number of amides is 2. The molecule has 174 valence electrons. The van der Waals surface area contributed by atoms with E-state index in [-0.39, 0.29) is 39.8 Å². The van der Waals surface area contributed by atoms with Crippen molar-refractivity contribution in [2.45, 2.75) is 18.7 Å². The van der Waals surface area contributed by atoms with Gasteiger partial charge in [0.25, 0.3) is 17.4 Å². The summed E-state index contributed by atoms with van der Waals surface area (Å²) in [6.45, 7) is 3.86. The molecule has 0 saturated heterocycles. The molecule has 33 heavy (non-hydrogen) atoms. The van der Waals surface area contributed by atoms with Gasteiger partial charge < -0.3 is 0 Å². The fourth-order valence-electron chi connectivity index (χ4n) is 3.26. The Morgan fingerprint density at radius 2 is 1.64 bits per heavy atom. The maximum Gasteiger partial charge on any atom is 0.290 e. The molecular formula is C21H22ClN5O5S. The van der Waals surface area contributed by atoms with Crippen LogP contribution in [0, 0.1) is 0 Å². The number of hydrazine groups is 1. The summed E-state index contributed by atoms with van der Waals surface area (Å²) < 4.78 is 27.9. The fourth-order valence-corrected chi connectivity index (χ4v) is 5.22. The zero-order chi connectivity index (χ0) is 24.3. The van der Waals surface area contributed by atoms with E-state index in [1.165, 1.54) is 23.5 Å². The van der Waals surface area contributed by atoms with Gasteiger partial charge in [-0.15, -0.1) is 0 Å². The van der Waals surface area contributed by atoms with Gasteiger partial charge in [0.05, 0.1) is 10.4 Å². The summed E-state index contributed by atoms with van der Waals surface area (Å²) in [5, 5.41) is 4.59. The molecule has 10 nitrogen and oxygen atoms in total. The van der Waals surface area contributed by atoms with Gasteiger partial charge in [-0.05, 0) is 24.3 Å². The van der Waals surface area contributed by atoms with Gasteiger partial charge >= 0.3 is 0 Å². The van der Waals surface area contributed by atoms with Gasteiger partial charge in [-0.1, -0.05) is 43.6 Å². The van der Waals surface area contributed by atoms with Crippen LogP contribution in [0.15, 0.2) is 52.2 Å². The number of hydrogen-bond donors (Lipinski definition) is 2. The quantitative estimate of drug-likeness (QED) is 0.504. The van der Waals surface area contributed by atoms with Crippen LogP contribution in [-0.2, 0) is 17.1 Å². The predicted molar refractivity (Wildman–Crippen MR) is 123 cm³/mol. The smallest absolute Gasteiger partial charge is 0.267 e. The van der Waals surface area contributed by atoms with Crippen molar-refractivity contribution in [2.24, 2.45) is 7.05 Å². The van der Waals surface area contributed by atoms with Crippen LogP contribution in [0.4, 0.5) is 0 Å². The van der Waals surface area contributed by atoms with Gasteiger partial charge in [-0.2, -0.15) is 9.40 Å². The molecule has 1 aromatic heterocycles. The van der Waals surface area contributed by atoms with E-state index in [2.05, 4.69) is 16.0 Å². The molecule has 0 aliphatic carbocycles. The average Bonchev–Trinajstić information content (AvgIpc) is 2.80. The lowest BCUT2D eigenvalue weighted by Gasteiger charge is -2.19. The first kappa shape index (κ1) is 24.4. The number of carbonyl (C=O) groups excluding carboxylic acids is 2. The van der Waals surface area contributed by atoms with E-state index in [9.17, 15) is 22.8 Å². The summed E-state index contributed by atoms with van der Waals surface area (Å²) >= 11 is 6.09. The molecule has 0 spiro atoms. The molecule has 0 unspecified atom stereocenters. The molecule has 1 heterocycles. The fraction of sp³-hybridized carbons (Fsp3) is 0.238. The lowest BCUT2D eigenvalue weighted by Crippen LogP contribution is -2.42. The van der Waals surface area contributed by atoms with E-state index in [1.54, 1.807) is 38.1 Å². The lowest BCUT2D eigenvalue weighted by molar-refractivity contribution is 0.0843. The Morgan fingerprint density at radius 1 is 1.03 bits per heavy atom. The Bertz CT molecular complexity index is 1400. The van der Waals surface area contributed by atoms with Gasteiger partial charge in [0, 0.05) is 31.1 Å². The molecule has 0 aliphatic rings. The molecule has 0 saturated carbocycles. The second-order valence-corrected chi connectivity index (χ2v) is 9.28. The molecule has 2 aromatic carbocycles. The van der Waals surface area contributed by atoms with Crippen LogP contribution in [0.1, 0.15) is 34.7 Å². The highest BCUT2D eigenvalue weighted by Gasteiger charge is 2.26. The molecule has 0 atom stereocenters. The SMILES string of the molecule is CCN(CC)S(=O)(=O)c1cc(C(=O)NNC(=O)c2nn(C)c(=O)c3ccccc23)ccc1Cl. The summed E-state index contributed by atoms with van der Waals surface area (Å²) in [7, 11) is -2.49. The van der Waals surface area contributed by atoms with Gasteiger partial charge in [-0.3, -0.25) is 25.2 Å². The van der Waals surface area contributed by atoms with E-state index >= 15 is 0 Å². The first-order chi connectivity index (χ1) is 15.6. The second kappa shape index (κ2) is 9.69. The number of sulfonamides is 1. The molecule has 2 amide bonds. The summed E-state index contributed by atoms with van der Waals surface area (Å²) in [5.41, 5.74) is 4.03. The average molecular weight is 492 g/mol. The van der Waals surface area contributed by atoms with Crippen LogP contribution in [0.3, 0.4) is 0 Å². The Hall–Kier alpha value is -3.28. The maximum atomic E-state index is 12.8. The van der Waals surface area contributed by atoms with Gasteiger partial charge in [-0.25, -0.2) is 13.1 Å². The number of halogens is 1. The van der Waals surface area contributed by atoms with Crippen molar-refractivity contribution in [3.05, 3.63) is 69.1 Å². The van der Waals surface area contributed by atoms with Gasteiger partial charge in [0.15, 0.2) is 5.69 Å². The standard InChI is InChI=1S/C21H22ClN5O5S/c1-4-27(5-2)33(31,32)17-12-13(10-11-16(17)22)19(28)23-24-20(29)18-14-8-6-7-9-15(14)21(30)26(3)25-18/h6-12H,4-5H2,1-3H3,(H,23,28)(H,24,29). The van der Waals surface area contributed by atoms with Gasteiger partial charge in [0.2, 0.25) is 10.0 Å². The number of carbonyl (C=O) groups is 2. The highest BCUT2D eigenvalue weighted by atomic mass is 35.5. The summed E-state index contributed by atoms with van der Waals surface area (Å²) in [6.07, 6.45) is 0. The minimum atomic E-state index is -3.90. The maximum absolute atomic E-state index is 12.8. The molecule has 3 rings (SSSR count). The van der Waals surface area contributed by atoms with E-state index < -0.39 is 21.8 Å². The number of fused-ring (bicyclic) bond motifs is 1. The largest absolute Gasteiger partial charge is 0.290 e. The van der Waals surface area contributed by atoms with Crippen LogP contribution in [0.5, 0.6) is 0 Å². The van der Waals surface area contributed by atoms with Crippen LogP contribution in [0.2, 0.25) is 5.02 Å². The Morgan fingerprint density at radius 3 is 2.27 bits per heavy atom. The molecule has 2 N–H and O–H groups in total. The molecule has 0 aliphatic heterocycles. The van der Waals surface area contributed by atoms with Crippen LogP contribution in [-0.4, -0.2) is 47.4 Å². The van der Waals surface area contributed by atoms with Crippen molar-refractivity contribution >= 4 is 44.2 Å². The Balaban J connectivity index is 1.85. The lowest BCUT2D eigenvalue weighted by atomic mass is 10.1. The number of aryl methyl sites for hydroxylation is 1. The minimum Gasteiger partial charge on any atom is -0.267 e. The number of hydrogen-bond acceptors (Lipinski definition) is 6. The number of nitrogens with zero attached hydrogens (tertiary/aromatic N) is 3. The molecule has 0 radical (unpaired) electrons. The zero-order valence-electron chi connectivity index (χ0n) is 18.1. The zero-order valence-corrected chi connectivity index (χ0v) is 19.7. The van der Waals surface area contributed by atoms with Crippen molar-refractivity contribution in [1.29, 1.82) is 0 Å². The molecule has 0 fully saturated rings. The topological polar surface area (TPSA) is 130 Å². The van der Waals surface area contributed by atoms with E-state index in [4.69, 9.17) is 11.6 Å². The van der Waals surface area contributed by atoms with E-state index in [1.807, 2.05) is 0 Å². The van der Waals surface area contributed by atoms with Crippen LogP contribution >= 0.6 is 11.6 Å². The molecule has 0 bridgehead atoms. The summed E-state index contributed by atoms with van der Waals surface area (Å²) in [4.78, 5) is 37.3. The van der Waals surface area contributed by atoms with Crippen molar-refractivity contribution in [1.82, 2.24) is 24.9 Å². The number of benzene rings is 2. The van der Waals surface area contributed by atoms with Crippen LogP contribution < -0.4 is 16.4 Å². The normalized spacial score (nSPS) is 11.5.